The summed E-state index contributed by atoms with van der Waals surface area (Å²) in [6.45, 7) is 2.88. The number of carbonyl (C=O) groups is 1. The quantitative estimate of drug-likeness (QED) is 0.345. The molecule has 0 fully saturated rings. The molecule has 0 radical (unpaired) electrons. The van der Waals surface area contributed by atoms with Gasteiger partial charge in [0.1, 0.15) is 6.54 Å². The Balaban J connectivity index is 1.49. The van der Waals surface area contributed by atoms with E-state index in [0.717, 1.165) is 34.8 Å². The van der Waals surface area contributed by atoms with E-state index in [9.17, 15) is 4.79 Å². The average Bonchev–Trinajstić information content (AvgIpc) is 3.11. The van der Waals surface area contributed by atoms with Crippen molar-refractivity contribution in [2.24, 2.45) is 0 Å². The van der Waals surface area contributed by atoms with Crippen molar-refractivity contribution in [3.63, 3.8) is 0 Å². The highest BCUT2D eigenvalue weighted by Gasteiger charge is 2.20. The number of aromatic amines is 1. The predicted molar refractivity (Wildman–Crippen MR) is 119 cm³/mol. The van der Waals surface area contributed by atoms with E-state index >= 15 is 0 Å². The van der Waals surface area contributed by atoms with Crippen LogP contribution in [0.15, 0.2) is 84.0 Å². The fourth-order valence-corrected chi connectivity index (χ4v) is 4.14. The maximum atomic E-state index is 12.5. The van der Waals surface area contributed by atoms with Gasteiger partial charge in [0, 0.05) is 5.69 Å². The lowest BCUT2D eigenvalue weighted by Crippen LogP contribution is -2.35. The van der Waals surface area contributed by atoms with Crippen molar-refractivity contribution in [3.05, 3.63) is 90.0 Å². The van der Waals surface area contributed by atoms with Crippen LogP contribution >= 0.6 is 11.8 Å². The fraction of sp³-hybridized carbons (Fsp3) is 0.167. The van der Waals surface area contributed by atoms with Crippen molar-refractivity contribution < 1.29 is 9.36 Å². The Labute approximate surface area is 175 Å². The van der Waals surface area contributed by atoms with Crippen LogP contribution < -0.4 is 9.88 Å². The Bertz CT molecular complexity index is 1100. The SMILES string of the molecule is CCc1ccc(NC(=O)CSc2[nH]c3ccccc3[n+]2Cc2ccccc2)cc1. The van der Waals surface area contributed by atoms with Crippen molar-refractivity contribution >= 4 is 34.4 Å². The molecule has 0 saturated heterocycles. The average molecular weight is 403 g/mol. The number of anilines is 1. The molecule has 1 aromatic heterocycles. The van der Waals surface area contributed by atoms with Gasteiger partial charge < -0.3 is 5.32 Å². The molecule has 3 aromatic carbocycles. The standard InChI is InChI=1S/C24H23N3OS/c1-2-18-12-14-20(15-13-18)25-23(28)17-29-24-26-21-10-6-7-11-22(21)27(24)16-19-8-4-3-5-9-19/h3-15H,2,16-17H2,1H3,(H,25,28)/p+1. The molecule has 4 aromatic rings. The summed E-state index contributed by atoms with van der Waals surface area (Å²) < 4.78 is 2.23. The molecule has 146 valence electrons. The van der Waals surface area contributed by atoms with Crippen LogP contribution in [0.5, 0.6) is 0 Å². The van der Waals surface area contributed by atoms with Gasteiger partial charge in [-0.15, -0.1) is 0 Å². The van der Waals surface area contributed by atoms with Crippen LogP contribution in [0.25, 0.3) is 11.0 Å². The van der Waals surface area contributed by atoms with Gasteiger partial charge in [-0.1, -0.05) is 61.5 Å². The van der Waals surface area contributed by atoms with Gasteiger partial charge in [0.25, 0.3) is 0 Å². The molecule has 0 aliphatic rings. The zero-order valence-electron chi connectivity index (χ0n) is 16.4. The lowest BCUT2D eigenvalue weighted by molar-refractivity contribution is -0.700. The Morgan fingerprint density at radius 1 is 0.931 bits per heavy atom. The first-order valence-electron chi connectivity index (χ1n) is 9.79. The Morgan fingerprint density at radius 3 is 2.41 bits per heavy atom. The number of rotatable bonds is 7. The normalized spacial score (nSPS) is 10.9. The molecule has 0 aliphatic heterocycles. The van der Waals surface area contributed by atoms with E-state index in [0.29, 0.717) is 5.75 Å². The first-order valence-corrected chi connectivity index (χ1v) is 10.8. The summed E-state index contributed by atoms with van der Waals surface area (Å²) in [5, 5.41) is 3.96. The number of para-hydroxylation sites is 2. The molecule has 0 atom stereocenters. The lowest BCUT2D eigenvalue weighted by Gasteiger charge is -2.06. The van der Waals surface area contributed by atoms with Crippen molar-refractivity contribution in [2.45, 2.75) is 25.0 Å². The van der Waals surface area contributed by atoms with Gasteiger partial charge in [-0.05, 0) is 53.6 Å². The fourth-order valence-electron chi connectivity index (χ4n) is 3.30. The Morgan fingerprint density at radius 2 is 1.66 bits per heavy atom. The topological polar surface area (TPSA) is 48.8 Å². The summed E-state index contributed by atoms with van der Waals surface area (Å²) in [6.07, 6.45) is 0.992. The molecule has 5 heteroatoms. The second kappa shape index (κ2) is 8.97. The molecule has 0 saturated carbocycles. The molecular formula is C24H24N3OS+. The zero-order chi connectivity index (χ0) is 20.1. The maximum absolute atomic E-state index is 12.5. The Hall–Kier alpha value is -3.05. The summed E-state index contributed by atoms with van der Waals surface area (Å²) in [6, 6.07) is 26.6. The van der Waals surface area contributed by atoms with Gasteiger partial charge in [-0.25, -0.2) is 9.55 Å². The number of hydrogen-bond donors (Lipinski definition) is 2. The third-order valence-corrected chi connectivity index (χ3v) is 5.85. The molecule has 2 N–H and O–H groups in total. The zero-order valence-corrected chi connectivity index (χ0v) is 17.2. The van der Waals surface area contributed by atoms with Crippen LogP contribution in [0.2, 0.25) is 0 Å². The minimum absolute atomic E-state index is 0.0100. The van der Waals surface area contributed by atoms with E-state index < -0.39 is 0 Å². The predicted octanol–water partition coefficient (Wildman–Crippen LogP) is 4.80. The minimum Gasteiger partial charge on any atom is -0.325 e. The number of nitrogens with one attached hydrogen (secondary N) is 2. The molecule has 29 heavy (non-hydrogen) atoms. The van der Waals surface area contributed by atoms with E-state index in [1.807, 2.05) is 42.5 Å². The molecule has 4 rings (SSSR count). The molecular weight excluding hydrogens is 378 g/mol. The summed E-state index contributed by atoms with van der Waals surface area (Å²) in [5.74, 6) is 0.334. The third kappa shape index (κ3) is 4.69. The molecule has 1 heterocycles. The first kappa shape index (κ1) is 19.3. The Kier molecular flexibility index (Phi) is 5.96. The van der Waals surface area contributed by atoms with Crippen molar-refractivity contribution in [1.29, 1.82) is 0 Å². The van der Waals surface area contributed by atoms with Gasteiger partial charge >= 0.3 is 5.16 Å². The molecule has 1 amide bonds. The maximum Gasteiger partial charge on any atom is 0.317 e. The number of aromatic nitrogens is 2. The third-order valence-electron chi connectivity index (χ3n) is 4.85. The molecule has 0 aliphatic carbocycles. The van der Waals surface area contributed by atoms with E-state index in [-0.39, 0.29) is 5.91 Å². The van der Waals surface area contributed by atoms with E-state index in [1.54, 1.807) is 0 Å². The van der Waals surface area contributed by atoms with E-state index in [4.69, 9.17) is 0 Å². The van der Waals surface area contributed by atoms with Crippen LogP contribution in [-0.2, 0) is 17.8 Å². The summed E-state index contributed by atoms with van der Waals surface area (Å²) in [5.41, 5.74) is 5.53. The van der Waals surface area contributed by atoms with Crippen molar-refractivity contribution in [1.82, 2.24) is 4.98 Å². The van der Waals surface area contributed by atoms with Crippen LogP contribution in [0.4, 0.5) is 5.69 Å². The number of nitrogens with zero attached hydrogens (tertiary/aromatic N) is 1. The number of carbonyl (C=O) groups excluding carboxylic acids is 1. The summed E-state index contributed by atoms with van der Waals surface area (Å²) >= 11 is 1.52. The van der Waals surface area contributed by atoms with Gasteiger partial charge in [-0.2, -0.15) is 0 Å². The highest BCUT2D eigenvalue weighted by molar-refractivity contribution is 7.99. The highest BCUT2D eigenvalue weighted by atomic mass is 32.2. The lowest BCUT2D eigenvalue weighted by atomic mass is 10.1. The second-order valence-corrected chi connectivity index (χ2v) is 7.87. The van der Waals surface area contributed by atoms with Gasteiger partial charge in [0.2, 0.25) is 5.91 Å². The minimum atomic E-state index is -0.0100. The monoisotopic (exact) mass is 402 g/mol. The van der Waals surface area contributed by atoms with E-state index in [1.165, 1.54) is 22.9 Å². The summed E-state index contributed by atoms with van der Waals surface area (Å²) in [4.78, 5) is 15.9. The smallest absolute Gasteiger partial charge is 0.317 e. The largest absolute Gasteiger partial charge is 0.325 e. The number of fused-ring (bicyclic) bond motifs is 1. The number of benzene rings is 3. The van der Waals surface area contributed by atoms with E-state index in [2.05, 4.69) is 58.2 Å². The number of hydrogen-bond acceptors (Lipinski definition) is 2. The number of aryl methyl sites for hydroxylation is 1. The van der Waals surface area contributed by atoms with Crippen molar-refractivity contribution in [2.75, 3.05) is 11.1 Å². The number of amides is 1. The molecule has 4 nitrogen and oxygen atoms in total. The number of thioether (sulfide) groups is 1. The molecule has 0 unspecified atom stereocenters. The molecule has 0 bridgehead atoms. The number of imidazole rings is 1. The van der Waals surface area contributed by atoms with Crippen molar-refractivity contribution in [3.8, 4) is 0 Å². The van der Waals surface area contributed by atoms with Crippen LogP contribution in [-0.4, -0.2) is 16.6 Å². The van der Waals surface area contributed by atoms with Crippen LogP contribution in [0.1, 0.15) is 18.1 Å². The van der Waals surface area contributed by atoms with Gasteiger partial charge in [0.05, 0.1) is 5.75 Å². The first-order chi connectivity index (χ1) is 14.2. The second-order valence-electron chi connectivity index (χ2n) is 6.91. The van der Waals surface area contributed by atoms with Crippen LogP contribution in [0, 0.1) is 0 Å². The highest BCUT2D eigenvalue weighted by Crippen LogP contribution is 2.19. The van der Waals surface area contributed by atoms with Crippen LogP contribution in [0.3, 0.4) is 0 Å². The van der Waals surface area contributed by atoms with Gasteiger partial charge in [-0.3, -0.25) is 4.79 Å². The van der Waals surface area contributed by atoms with Gasteiger partial charge in [0.15, 0.2) is 11.0 Å². The number of H-pyrrole nitrogens is 1. The molecule has 0 spiro atoms. The summed E-state index contributed by atoms with van der Waals surface area (Å²) in [7, 11) is 0.